The van der Waals surface area contributed by atoms with Crippen molar-refractivity contribution in [3.05, 3.63) is 91.4 Å². The number of amides is 4. The van der Waals surface area contributed by atoms with Crippen molar-refractivity contribution in [2.75, 3.05) is 13.2 Å². The largest absolute Gasteiger partial charge is 0.490 e. The SMILES string of the molecule is CCCOc1ccc(CN2C(=O)NC(=O)/C(=C\c3cc(Br)c(OCc4ccc(C)cc4)c(Br)c3)C2=O)cc1OCC. The fourth-order valence-electron chi connectivity index (χ4n) is 4.08. The Balaban J connectivity index is 1.54. The number of barbiturate groups is 1. The Kier molecular flexibility index (Phi) is 10.2. The van der Waals surface area contributed by atoms with Crippen molar-refractivity contribution in [2.45, 2.75) is 40.3 Å². The van der Waals surface area contributed by atoms with E-state index in [1.165, 1.54) is 11.6 Å². The number of benzene rings is 3. The number of nitrogens with one attached hydrogen (secondary N) is 1. The molecule has 4 rings (SSSR count). The summed E-state index contributed by atoms with van der Waals surface area (Å²) in [6.07, 6.45) is 2.29. The highest BCUT2D eigenvalue weighted by molar-refractivity contribution is 9.11. The Morgan fingerprint density at radius 3 is 2.20 bits per heavy atom. The van der Waals surface area contributed by atoms with Crippen LogP contribution in [-0.2, 0) is 22.7 Å². The van der Waals surface area contributed by atoms with Gasteiger partial charge in [0, 0.05) is 0 Å². The van der Waals surface area contributed by atoms with Crippen LogP contribution in [0.1, 0.15) is 42.5 Å². The quantitative estimate of drug-likeness (QED) is 0.174. The molecule has 0 spiro atoms. The number of ether oxygens (including phenoxy) is 3. The molecule has 0 bridgehead atoms. The number of imide groups is 2. The van der Waals surface area contributed by atoms with Gasteiger partial charge in [0.05, 0.1) is 28.7 Å². The van der Waals surface area contributed by atoms with Crippen LogP contribution >= 0.6 is 31.9 Å². The van der Waals surface area contributed by atoms with Crippen LogP contribution in [0, 0.1) is 6.92 Å². The van der Waals surface area contributed by atoms with E-state index in [-0.39, 0.29) is 12.1 Å². The molecule has 1 aliphatic rings. The van der Waals surface area contributed by atoms with E-state index in [1.807, 2.05) is 45.0 Å². The Morgan fingerprint density at radius 1 is 0.854 bits per heavy atom. The van der Waals surface area contributed by atoms with Gasteiger partial charge >= 0.3 is 6.03 Å². The molecule has 3 aromatic carbocycles. The number of nitrogens with zero attached hydrogens (tertiary/aromatic N) is 1. The van der Waals surface area contributed by atoms with E-state index in [1.54, 1.807) is 30.3 Å². The van der Waals surface area contributed by atoms with Gasteiger partial charge in [-0.3, -0.25) is 19.8 Å². The van der Waals surface area contributed by atoms with Gasteiger partial charge in [-0.15, -0.1) is 0 Å². The van der Waals surface area contributed by atoms with Crippen molar-refractivity contribution in [3.63, 3.8) is 0 Å². The van der Waals surface area contributed by atoms with E-state index < -0.39 is 17.8 Å². The summed E-state index contributed by atoms with van der Waals surface area (Å²) in [5.74, 6) is 0.233. The lowest BCUT2D eigenvalue weighted by Gasteiger charge is -2.26. The number of hydrogen-bond acceptors (Lipinski definition) is 6. The summed E-state index contributed by atoms with van der Waals surface area (Å²) in [7, 11) is 0. The maximum absolute atomic E-state index is 13.4. The molecule has 0 aliphatic carbocycles. The van der Waals surface area contributed by atoms with Gasteiger partial charge in [0.1, 0.15) is 17.9 Å². The average Bonchev–Trinajstić information content (AvgIpc) is 2.93. The topological polar surface area (TPSA) is 94.2 Å². The van der Waals surface area contributed by atoms with Crippen molar-refractivity contribution < 1.29 is 28.6 Å². The van der Waals surface area contributed by atoms with E-state index in [0.717, 1.165) is 16.9 Å². The lowest BCUT2D eigenvalue weighted by Crippen LogP contribution is -2.53. The predicted octanol–water partition coefficient (Wildman–Crippen LogP) is 6.95. The molecule has 1 aliphatic heterocycles. The normalized spacial score (nSPS) is 14.3. The summed E-state index contributed by atoms with van der Waals surface area (Å²) >= 11 is 7.06. The van der Waals surface area contributed by atoms with Crippen molar-refractivity contribution in [2.24, 2.45) is 0 Å². The van der Waals surface area contributed by atoms with Crippen molar-refractivity contribution in [1.82, 2.24) is 10.2 Å². The fraction of sp³-hybridized carbons (Fsp3) is 0.258. The van der Waals surface area contributed by atoms with Crippen LogP contribution < -0.4 is 19.5 Å². The first-order valence-electron chi connectivity index (χ1n) is 13.1. The molecule has 1 heterocycles. The van der Waals surface area contributed by atoms with Crippen LogP contribution in [0.15, 0.2) is 69.1 Å². The zero-order valence-corrected chi connectivity index (χ0v) is 26.1. The van der Waals surface area contributed by atoms with Crippen LogP contribution in [0.3, 0.4) is 0 Å². The minimum absolute atomic E-state index is 0.0530. The van der Waals surface area contributed by atoms with Gasteiger partial charge in [-0.05, 0) is 99.2 Å². The third-order valence-electron chi connectivity index (χ3n) is 6.13. The summed E-state index contributed by atoms with van der Waals surface area (Å²) in [4.78, 5) is 39.7. The minimum atomic E-state index is -0.788. The predicted molar refractivity (Wildman–Crippen MR) is 163 cm³/mol. The third kappa shape index (κ3) is 7.56. The molecule has 0 unspecified atom stereocenters. The maximum Gasteiger partial charge on any atom is 0.331 e. The van der Waals surface area contributed by atoms with Gasteiger partial charge < -0.3 is 14.2 Å². The van der Waals surface area contributed by atoms with Gasteiger partial charge in [-0.1, -0.05) is 42.8 Å². The molecule has 0 saturated carbocycles. The highest BCUT2D eigenvalue weighted by Gasteiger charge is 2.36. The van der Waals surface area contributed by atoms with Crippen LogP contribution in [0.4, 0.5) is 4.79 Å². The Bertz CT molecular complexity index is 1460. The van der Waals surface area contributed by atoms with Crippen LogP contribution in [-0.4, -0.2) is 36.0 Å². The second kappa shape index (κ2) is 13.8. The van der Waals surface area contributed by atoms with E-state index in [2.05, 4.69) is 37.2 Å². The summed E-state index contributed by atoms with van der Waals surface area (Å²) < 4.78 is 18.7. The monoisotopic (exact) mass is 684 g/mol. The number of hydrogen-bond donors (Lipinski definition) is 1. The fourth-order valence-corrected chi connectivity index (χ4v) is 5.53. The van der Waals surface area contributed by atoms with Gasteiger partial charge in [-0.25, -0.2) is 4.79 Å². The number of aryl methyl sites for hydroxylation is 1. The van der Waals surface area contributed by atoms with E-state index >= 15 is 0 Å². The summed E-state index contributed by atoms with van der Waals surface area (Å²) in [6.45, 7) is 7.17. The molecule has 1 N–H and O–H groups in total. The first-order valence-corrected chi connectivity index (χ1v) is 14.7. The molecule has 8 nitrogen and oxygen atoms in total. The summed E-state index contributed by atoms with van der Waals surface area (Å²) in [6, 6.07) is 16.0. The van der Waals surface area contributed by atoms with Gasteiger partial charge in [0.25, 0.3) is 11.8 Å². The number of carbonyl (C=O) groups excluding carboxylic acids is 3. The van der Waals surface area contributed by atoms with Gasteiger partial charge in [0.2, 0.25) is 0 Å². The minimum Gasteiger partial charge on any atom is -0.490 e. The van der Waals surface area contributed by atoms with Crippen molar-refractivity contribution >= 4 is 55.8 Å². The van der Waals surface area contributed by atoms with Gasteiger partial charge in [0.15, 0.2) is 11.5 Å². The van der Waals surface area contributed by atoms with Crippen LogP contribution in [0.25, 0.3) is 6.08 Å². The molecular formula is C31H30Br2N2O6. The molecule has 0 atom stereocenters. The highest BCUT2D eigenvalue weighted by atomic mass is 79.9. The smallest absolute Gasteiger partial charge is 0.331 e. The van der Waals surface area contributed by atoms with Crippen molar-refractivity contribution in [1.29, 1.82) is 0 Å². The second-order valence-electron chi connectivity index (χ2n) is 9.36. The van der Waals surface area contributed by atoms with Crippen LogP contribution in [0.2, 0.25) is 0 Å². The molecule has 1 fully saturated rings. The molecule has 3 aromatic rings. The van der Waals surface area contributed by atoms with Gasteiger partial charge in [-0.2, -0.15) is 0 Å². The van der Waals surface area contributed by atoms with E-state index in [4.69, 9.17) is 14.2 Å². The number of carbonyl (C=O) groups is 3. The molecule has 214 valence electrons. The molecule has 10 heteroatoms. The molecule has 4 amide bonds. The molecule has 0 aromatic heterocycles. The zero-order valence-electron chi connectivity index (χ0n) is 23.0. The lowest BCUT2D eigenvalue weighted by molar-refractivity contribution is -0.130. The highest BCUT2D eigenvalue weighted by Crippen LogP contribution is 2.36. The standard InChI is InChI=1S/C31H30Br2N2O6/c1-4-12-40-26-11-10-21(16-27(26)39-5-2)17-35-30(37)23(29(36)34-31(35)38)13-22-14-24(32)28(25(33)15-22)41-18-20-8-6-19(3)7-9-20/h6-11,13-16H,4-5,12,17-18H2,1-3H3,(H,34,36,38)/b23-13+. The second-order valence-corrected chi connectivity index (χ2v) is 11.1. The molecule has 41 heavy (non-hydrogen) atoms. The van der Waals surface area contributed by atoms with E-state index in [9.17, 15) is 14.4 Å². The third-order valence-corrected chi connectivity index (χ3v) is 7.31. The summed E-state index contributed by atoms with van der Waals surface area (Å²) in [5, 5.41) is 2.27. The Morgan fingerprint density at radius 2 is 1.54 bits per heavy atom. The first-order chi connectivity index (χ1) is 19.7. The Hall–Kier alpha value is -3.63. The molecule has 1 saturated heterocycles. The van der Waals surface area contributed by atoms with Crippen LogP contribution in [0.5, 0.6) is 17.2 Å². The summed E-state index contributed by atoms with van der Waals surface area (Å²) in [5.41, 5.74) is 3.24. The van der Waals surface area contributed by atoms with E-state index in [0.29, 0.717) is 57.1 Å². The number of halogens is 2. The zero-order chi connectivity index (χ0) is 29.5. The first kappa shape index (κ1) is 30.3. The molecular weight excluding hydrogens is 656 g/mol. The maximum atomic E-state index is 13.4. The average molecular weight is 686 g/mol. The van der Waals surface area contributed by atoms with Crippen molar-refractivity contribution in [3.8, 4) is 17.2 Å². The number of urea groups is 1. The molecule has 0 radical (unpaired) electrons. The Labute approximate surface area is 255 Å². The lowest BCUT2D eigenvalue weighted by atomic mass is 10.1. The number of rotatable bonds is 11.